The highest BCUT2D eigenvalue weighted by molar-refractivity contribution is 5.76. The van der Waals surface area contributed by atoms with Crippen molar-refractivity contribution in [1.29, 1.82) is 0 Å². The van der Waals surface area contributed by atoms with Gasteiger partial charge in [-0.3, -0.25) is 4.79 Å². The van der Waals surface area contributed by atoms with E-state index in [1.807, 2.05) is 6.92 Å². The van der Waals surface area contributed by atoms with Crippen molar-refractivity contribution in [3.8, 4) is 0 Å². The molecule has 0 aromatic rings. The lowest BCUT2D eigenvalue weighted by atomic mass is 10.1. The van der Waals surface area contributed by atoms with Gasteiger partial charge in [-0.1, -0.05) is 20.3 Å². The Morgan fingerprint density at radius 3 is 2.54 bits per heavy atom. The molecule has 0 heterocycles. The Hall–Kier alpha value is -0.570. The first-order chi connectivity index (χ1) is 6.18. The molecule has 3 heteroatoms. The van der Waals surface area contributed by atoms with Crippen LogP contribution in [-0.2, 0) is 4.79 Å². The lowest BCUT2D eigenvalue weighted by Gasteiger charge is -2.07. The minimum atomic E-state index is -0.187. The van der Waals surface area contributed by atoms with Crippen LogP contribution in [0.2, 0.25) is 0 Å². The number of hydrogen-bond donors (Lipinski definition) is 2. The molecular weight excluding hydrogens is 164 g/mol. The second kappa shape index (κ2) is 8.05. The number of primary amides is 1. The van der Waals surface area contributed by atoms with Crippen LogP contribution in [0.4, 0.5) is 0 Å². The van der Waals surface area contributed by atoms with Crippen LogP contribution in [0.3, 0.4) is 0 Å². The lowest BCUT2D eigenvalue weighted by Crippen LogP contribution is -2.22. The summed E-state index contributed by atoms with van der Waals surface area (Å²) in [6.45, 7) is 6.14. The molecule has 0 spiro atoms. The van der Waals surface area contributed by atoms with Gasteiger partial charge in [-0.05, 0) is 32.4 Å². The van der Waals surface area contributed by atoms with Crippen LogP contribution in [0, 0.1) is 5.92 Å². The molecule has 0 bridgehead atoms. The molecule has 1 amide bonds. The average Bonchev–Trinajstić information content (AvgIpc) is 2.10. The summed E-state index contributed by atoms with van der Waals surface area (Å²) in [6, 6.07) is 0. The summed E-state index contributed by atoms with van der Waals surface area (Å²) in [5.41, 5.74) is 5.14. The Bertz CT molecular complexity index is 137. The summed E-state index contributed by atoms with van der Waals surface area (Å²) in [5.74, 6) is -0.165. The zero-order chi connectivity index (χ0) is 10.1. The first-order valence-electron chi connectivity index (χ1n) is 5.18. The Balaban J connectivity index is 3.11. The van der Waals surface area contributed by atoms with E-state index in [-0.39, 0.29) is 11.8 Å². The van der Waals surface area contributed by atoms with Gasteiger partial charge in [0.25, 0.3) is 0 Å². The second-order valence-corrected chi connectivity index (χ2v) is 3.55. The summed E-state index contributed by atoms with van der Waals surface area (Å²) >= 11 is 0. The van der Waals surface area contributed by atoms with E-state index < -0.39 is 0 Å². The molecule has 0 rings (SSSR count). The molecule has 0 aliphatic rings. The number of nitrogens with two attached hydrogens (primary N) is 1. The van der Waals surface area contributed by atoms with Crippen molar-refractivity contribution >= 4 is 5.91 Å². The summed E-state index contributed by atoms with van der Waals surface area (Å²) in [4.78, 5) is 10.7. The molecule has 0 fully saturated rings. The van der Waals surface area contributed by atoms with Crippen LogP contribution >= 0.6 is 0 Å². The molecule has 0 saturated carbocycles. The summed E-state index contributed by atoms with van der Waals surface area (Å²) in [7, 11) is 0. The van der Waals surface area contributed by atoms with Gasteiger partial charge in [-0.25, -0.2) is 0 Å². The fourth-order valence-corrected chi connectivity index (χ4v) is 1.10. The van der Waals surface area contributed by atoms with Gasteiger partial charge in [0.05, 0.1) is 0 Å². The van der Waals surface area contributed by atoms with Gasteiger partial charge in [-0.15, -0.1) is 0 Å². The largest absolute Gasteiger partial charge is 0.369 e. The van der Waals surface area contributed by atoms with Crippen molar-refractivity contribution in [2.45, 2.75) is 39.5 Å². The fraction of sp³-hybridized carbons (Fsp3) is 0.900. The van der Waals surface area contributed by atoms with Crippen LogP contribution in [-0.4, -0.2) is 19.0 Å². The van der Waals surface area contributed by atoms with Crippen LogP contribution in [0.25, 0.3) is 0 Å². The number of carbonyl (C=O) groups excluding carboxylic acids is 1. The van der Waals surface area contributed by atoms with E-state index in [1.54, 1.807) is 0 Å². The standard InChI is InChI=1S/C10H22N2O/c1-3-4-7-12-8-5-6-9(2)10(11)13/h9,12H,3-8H2,1-2H3,(H2,11,13). The average molecular weight is 186 g/mol. The van der Waals surface area contributed by atoms with Gasteiger partial charge in [0.2, 0.25) is 5.91 Å². The molecule has 1 unspecified atom stereocenters. The van der Waals surface area contributed by atoms with Crippen LogP contribution in [0.5, 0.6) is 0 Å². The normalized spacial score (nSPS) is 12.8. The third-order valence-corrected chi connectivity index (χ3v) is 2.18. The number of carbonyl (C=O) groups is 1. The topological polar surface area (TPSA) is 55.1 Å². The molecule has 0 aromatic heterocycles. The Kier molecular flexibility index (Phi) is 7.69. The predicted molar refractivity (Wildman–Crippen MR) is 55.4 cm³/mol. The predicted octanol–water partition coefficient (Wildman–Crippen LogP) is 1.28. The lowest BCUT2D eigenvalue weighted by molar-refractivity contribution is -0.121. The summed E-state index contributed by atoms with van der Waals surface area (Å²) in [5, 5.41) is 3.33. The number of rotatable bonds is 8. The van der Waals surface area contributed by atoms with E-state index in [9.17, 15) is 4.79 Å². The smallest absolute Gasteiger partial charge is 0.220 e. The Morgan fingerprint density at radius 2 is 2.00 bits per heavy atom. The quantitative estimate of drug-likeness (QED) is 0.561. The van der Waals surface area contributed by atoms with Crippen molar-refractivity contribution in [3.63, 3.8) is 0 Å². The molecular formula is C10H22N2O. The SMILES string of the molecule is CCCCNCCCC(C)C(N)=O. The number of nitrogens with one attached hydrogen (secondary N) is 1. The molecule has 0 aliphatic carbocycles. The van der Waals surface area contributed by atoms with Gasteiger partial charge in [0.15, 0.2) is 0 Å². The number of unbranched alkanes of at least 4 members (excludes halogenated alkanes) is 1. The molecule has 0 aliphatic heterocycles. The monoisotopic (exact) mass is 186 g/mol. The minimum absolute atomic E-state index is 0.0213. The molecule has 0 saturated heterocycles. The van der Waals surface area contributed by atoms with E-state index in [2.05, 4.69) is 12.2 Å². The van der Waals surface area contributed by atoms with Crippen molar-refractivity contribution in [2.24, 2.45) is 11.7 Å². The van der Waals surface area contributed by atoms with Crippen molar-refractivity contribution in [2.75, 3.05) is 13.1 Å². The van der Waals surface area contributed by atoms with Crippen LogP contribution < -0.4 is 11.1 Å². The zero-order valence-corrected chi connectivity index (χ0v) is 8.81. The van der Waals surface area contributed by atoms with Gasteiger partial charge < -0.3 is 11.1 Å². The van der Waals surface area contributed by atoms with Crippen molar-refractivity contribution < 1.29 is 4.79 Å². The fourth-order valence-electron chi connectivity index (χ4n) is 1.10. The molecule has 1 atom stereocenters. The Labute approximate surface area is 81.1 Å². The maximum absolute atomic E-state index is 10.7. The highest BCUT2D eigenvalue weighted by Gasteiger charge is 2.06. The highest BCUT2D eigenvalue weighted by atomic mass is 16.1. The third-order valence-electron chi connectivity index (χ3n) is 2.18. The van der Waals surface area contributed by atoms with E-state index in [4.69, 9.17) is 5.73 Å². The third kappa shape index (κ3) is 7.78. The number of hydrogen-bond acceptors (Lipinski definition) is 2. The molecule has 3 N–H and O–H groups in total. The van der Waals surface area contributed by atoms with Crippen LogP contribution in [0.15, 0.2) is 0 Å². The zero-order valence-electron chi connectivity index (χ0n) is 8.81. The first-order valence-corrected chi connectivity index (χ1v) is 5.18. The van der Waals surface area contributed by atoms with E-state index in [0.29, 0.717) is 0 Å². The summed E-state index contributed by atoms with van der Waals surface area (Å²) in [6.07, 6.45) is 4.39. The Morgan fingerprint density at radius 1 is 1.38 bits per heavy atom. The summed E-state index contributed by atoms with van der Waals surface area (Å²) < 4.78 is 0. The van der Waals surface area contributed by atoms with Crippen LogP contribution in [0.1, 0.15) is 39.5 Å². The van der Waals surface area contributed by atoms with Gasteiger partial charge in [0, 0.05) is 5.92 Å². The van der Waals surface area contributed by atoms with E-state index in [0.717, 1.165) is 25.9 Å². The molecule has 3 nitrogen and oxygen atoms in total. The second-order valence-electron chi connectivity index (χ2n) is 3.55. The maximum atomic E-state index is 10.7. The van der Waals surface area contributed by atoms with Crippen molar-refractivity contribution in [1.82, 2.24) is 5.32 Å². The van der Waals surface area contributed by atoms with Crippen molar-refractivity contribution in [3.05, 3.63) is 0 Å². The molecule has 13 heavy (non-hydrogen) atoms. The van der Waals surface area contributed by atoms with Gasteiger partial charge >= 0.3 is 0 Å². The van der Waals surface area contributed by atoms with Gasteiger partial charge in [0.1, 0.15) is 0 Å². The molecule has 78 valence electrons. The minimum Gasteiger partial charge on any atom is -0.369 e. The highest BCUT2D eigenvalue weighted by Crippen LogP contribution is 2.02. The molecule has 0 aromatic carbocycles. The maximum Gasteiger partial charge on any atom is 0.220 e. The van der Waals surface area contributed by atoms with E-state index in [1.165, 1.54) is 12.8 Å². The first kappa shape index (κ1) is 12.4. The number of amides is 1. The van der Waals surface area contributed by atoms with E-state index >= 15 is 0 Å². The van der Waals surface area contributed by atoms with Gasteiger partial charge in [-0.2, -0.15) is 0 Å². The molecule has 0 radical (unpaired) electrons.